The molecule has 0 N–H and O–H groups in total. The number of benzene rings is 1. The number of rotatable bonds is 5. The van der Waals surface area contributed by atoms with Gasteiger partial charge in [-0.15, -0.1) is 0 Å². The lowest BCUT2D eigenvalue weighted by Crippen LogP contribution is -2.55. The first-order valence-corrected chi connectivity index (χ1v) is 12.6. The van der Waals surface area contributed by atoms with E-state index >= 15 is 0 Å². The Labute approximate surface area is 217 Å². The number of aromatic nitrogens is 3. The summed E-state index contributed by atoms with van der Waals surface area (Å²) in [4.78, 5) is 32.9. The van der Waals surface area contributed by atoms with Gasteiger partial charge in [0.25, 0.3) is 0 Å². The molecule has 0 aliphatic carbocycles. The van der Waals surface area contributed by atoms with Gasteiger partial charge in [0, 0.05) is 43.3 Å². The number of nitrogens with zero attached hydrogens (tertiary/aromatic N) is 7. The second kappa shape index (κ2) is 10.4. The van der Waals surface area contributed by atoms with E-state index in [0.29, 0.717) is 32.2 Å². The number of fused-ring (bicyclic) bond motifs is 2. The maximum absolute atomic E-state index is 12.4. The molecule has 5 rings (SSSR count). The second-order valence-electron chi connectivity index (χ2n) is 9.49. The van der Waals surface area contributed by atoms with Crippen LogP contribution in [0.4, 0.5) is 11.6 Å². The Bertz CT molecular complexity index is 1380. The van der Waals surface area contributed by atoms with E-state index in [1.807, 2.05) is 6.20 Å². The highest BCUT2D eigenvalue weighted by Gasteiger charge is 2.33. The monoisotopic (exact) mass is 497 g/mol. The van der Waals surface area contributed by atoms with E-state index in [2.05, 4.69) is 53.6 Å². The number of pyridine rings is 1. The van der Waals surface area contributed by atoms with Gasteiger partial charge in [0.15, 0.2) is 0 Å². The second-order valence-corrected chi connectivity index (χ2v) is 9.49. The van der Waals surface area contributed by atoms with Crippen molar-refractivity contribution in [3.63, 3.8) is 0 Å². The minimum atomic E-state index is -0.231. The molecule has 37 heavy (non-hydrogen) atoms. The standard InChI is InChI=1S/C28H31N7O2/c1-4-24(36)35-16-15-34(17-21(35)10-12-29)26-22-9-6-14-33(18-23(22)31-28(32-26)37-3)27-25-19(2)7-5-8-20(25)11-13-30-27/h4-5,7-8,11,13,21H,1,6,9-10,14-18H2,2-3H3/t21-/m0/s1. The molecule has 2 aliphatic heterocycles. The number of carbonyl (C=O) groups is 1. The molecular formula is C28H31N7O2. The van der Waals surface area contributed by atoms with Crippen LogP contribution in [0.2, 0.25) is 0 Å². The Morgan fingerprint density at radius 3 is 2.86 bits per heavy atom. The summed E-state index contributed by atoms with van der Waals surface area (Å²) >= 11 is 0. The van der Waals surface area contributed by atoms with Crippen LogP contribution in [0.5, 0.6) is 6.01 Å². The van der Waals surface area contributed by atoms with Crippen molar-refractivity contribution in [3.05, 3.63) is 59.9 Å². The molecule has 2 aliphatic rings. The summed E-state index contributed by atoms with van der Waals surface area (Å²) in [5, 5.41) is 11.7. The zero-order chi connectivity index (χ0) is 25.9. The van der Waals surface area contributed by atoms with Crippen LogP contribution in [0.1, 0.15) is 29.7 Å². The summed E-state index contributed by atoms with van der Waals surface area (Å²) in [6.45, 7) is 8.82. The van der Waals surface area contributed by atoms with Crippen LogP contribution < -0.4 is 14.5 Å². The third-order valence-corrected chi connectivity index (χ3v) is 7.27. The third-order valence-electron chi connectivity index (χ3n) is 7.27. The summed E-state index contributed by atoms with van der Waals surface area (Å²) in [5.74, 6) is 1.65. The number of nitriles is 1. The van der Waals surface area contributed by atoms with Gasteiger partial charge in [-0.1, -0.05) is 24.8 Å². The van der Waals surface area contributed by atoms with Crippen molar-refractivity contribution >= 4 is 28.3 Å². The van der Waals surface area contributed by atoms with E-state index in [4.69, 9.17) is 19.7 Å². The van der Waals surface area contributed by atoms with E-state index in [1.165, 1.54) is 17.0 Å². The molecule has 0 saturated carbocycles. The van der Waals surface area contributed by atoms with Crippen molar-refractivity contribution in [2.24, 2.45) is 0 Å². The zero-order valence-corrected chi connectivity index (χ0v) is 21.4. The Morgan fingerprint density at radius 1 is 1.22 bits per heavy atom. The SMILES string of the molecule is C=CC(=O)N1CCN(c2nc(OC)nc3c2CCCN(c2nccc4cccc(C)c24)C3)C[C@@H]1CC#N. The third kappa shape index (κ3) is 4.67. The number of hydrogen-bond acceptors (Lipinski definition) is 8. The summed E-state index contributed by atoms with van der Waals surface area (Å²) in [6.07, 6.45) is 5.19. The minimum absolute atomic E-state index is 0.146. The molecule has 9 heteroatoms. The first-order chi connectivity index (χ1) is 18.0. The summed E-state index contributed by atoms with van der Waals surface area (Å²) < 4.78 is 5.52. The van der Waals surface area contributed by atoms with Crippen molar-refractivity contribution < 1.29 is 9.53 Å². The normalized spacial score (nSPS) is 17.6. The summed E-state index contributed by atoms with van der Waals surface area (Å²) in [7, 11) is 1.58. The van der Waals surface area contributed by atoms with Crippen LogP contribution in [0.25, 0.3) is 10.8 Å². The van der Waals surface area contributed by atoms with Crippen molar-refractivity contribution in [1.82, 2.24) is 19.9 Å². The lowest BCUT2D eigenvalue weighted by Gasteiger charge is -2.41. The van der Waals surface area contributed by atoms with Crippen LogP contribution in [0.15, 0.2) is 43.1 Å². The highest BCUT2D eigenvalue weighted by molar-refractivity contribution is 5.94. The van der Waals surface area contributed by atoms with Crippen molar-refractivity contribution in [1.29, 1.82) is 5.26 Å². The van der Waals surface area contributed by atoms with E-state index in [0.717, 1.165) is 47.7 Å². The Kier molecular flexibility index (Phi) is 6.91. The van der Waals surface area contributed by atoms with Gasteiger partial charge in [0.2, 0.25) is 5.91 Å². The van der Waals surface area contributed by atoms with Gasteiger partial charge in [-0.05, 0) is 42.9 Å². The molecule has 190 valence electrons. The molecular weight excluding hydrogens is 466 g/mol. The predicted molar refractivity (Wildman–Crippen MR) is 143 cm³/mol. The van der Waals surface area contributed by atoms with Gasteiger partial charge >= 0.3 is 6.01 Å². The molecule has 1 saturated heterocycles. The molecule has 1 atom stereocenters. The van der Waals surface area contributed by atoms with Gasteiger partial charge in [-0.2, -0.15) is 15.2 Å². The van der Waals surface area contributed by atoms with Crippen LogP contribution >= 0.6 is 0 Å². The first kappa shape index (κ1) is 24.5. The number of ether oxygens (including phenoxy) is 1. The largest absolute Gasteiger partial charge is 0.467 e. The Morgan fingerprint density at radius 2 is 2.08 bits per heavy atom. The predicted octanol–water partition coefficient (Wildman–Crippen LogP) is 3.41. The number of amides is 1. The van der Waals surface area contributed by atoms with E-state index in [-0.39, 0.29) is 18.4 Å². The zero-order valence-electron chi connectivity index (χ0n) is 21.4. The average Bonchev–Trinajstić information content (AvgIpc) is 3.14. The lowest BCUT2D eigenvalue weighted by molar-refractivity contribution is -0.128. The first-order valence-electron chi connectivity index (χ1n) is 12.6. The highest BCUT2D eigenvalue weighted by atomic mass is 16.5. The van der Waals surface area contributed by atoms with Crippen molar-refractivity contribution in [2.75, 3.05) is 43.1 Å². The minimum Gasteiger partial charge on any atom is -0.467 e. The molecule has 0 spiro atoms. The van der Waals surface area contributed by atoms with Crippen LogP contribution in [0.3, 0.4) is 0 Å². The lowest BCUT2D eigenvalue weighted by atomic mass is 10.1. The van der Waals surface area contributed by atoms with Crippen LogP contribution in [-0.4, -0.2) is 65.1 Å². The van der Waals surface area contributed by atoms with Gasteiger partial charge in [-0.3, -0.25) is 4.79 Å². The van der Waals surface area contributed by atoms with Crippen molar-refractivity contribution in [2.45, 2.75) is 38.8 Å². The smallest absolute Gasteiger partial charge is 0.318 e. The maximum atomic E-state index is 12.4. The fourth-order valence-electron chi connectivity index (χ4n) is 5.48. The van der Waals surface area contributed by atoms with Crippen LogP contribution in [0, 0.1) is 18.3 Å². The van der Waals surface area contributed by atoms with Gasteiger partial charge in [0.05, 0.1) is 37.9 Å². The van der Waals surface area contributed by atoms with Gasteiger partial charge in [0.1, 0.15) is 11.6 Å². The molecule has 0 unspecified atom stereocenters. The molecule has 0 bridgehead atoms. The maximum Gasteiger partial charge on any atom is 0.318 e. The fraction of sp³-hybridized carbons (Fsp3) is 0.393. The molecule has 1 aromatic carbocycles. The number of methoxy groups -OCH3 is 1. The van der Waals surface area contributed by atoms with Gasteiger partial charge < -0.3 is 19.4 Å². The topological polar surface area (TPSA) is 98.5 Å². The highest BCUT2D eigenvalue weighted by Crippen LogP contribution is 2.34. The molecule has 0 radical (unpaired) electrons. The average molecular weight is 498 g/mol. The van der Waals surface area contributed by atoms with Gasteiger partial charge in [-0.25, -0.2) is 4.98 Å². The fourth-order valence-corrected chi connectivity index (χ4v) is 5.48. The van der Waals surface area contributed by atoms with E-state index in [9.17, 15) is 10.1 Å². The number of hydrogen-bond donors (Lipinski definition) is 0. The number of anilines is 2. The molecule has 3 aromatic rings. The van der Waals surface area contributed by atoms with Crippen LogP contribution in [-0.2, 0) is 17.8 Å². The molecule has 1 amide bonds. The Hall–Kier alpha value is -4.19. The number of piperazine rings is 1. The molecule has 4 heterocycles. The van der Waals surface area contributed by atoms with Crippen molar-refractivity contribution in [3.8, 4) is 12.1 Å². The molecule has 9 nitrogen and oxygen atoms in total. The number of aryl methyl sites for hydroxylation is 1. The van der Waals surface area contributed by atoms with E-state index < -0.39 is 0 Å². The number of carbonyl (C=O) groups excluding carboxylic acids is 1. The quantitative estimate of drug-likeness (QED) is 0.495. The summed E-state index contributed by atoms with van der Waals surface area (Å²) in [6, 6.07) is 10.7. The summed E-state index contributed by atoms with van der Waals surface area (Å²) in [5.41, 5.74) is 3.22. The molecule has 1 fully saturated rings. The van der Waals surface area contributed by atoms with E-state index in [1.54, 1.807) is 12.0 Å². The molecule has 2 aromatic heterocycles. The Balaban J connectivity index is 1.51.